The summed E-state index contributed by atoms with van der Waals surface area (Å²) in [7, 11) is 0. The maximum absolute atomic E-state index is 8.60. The first-order valence-electron chi connectivity index (χ1n) is 3.31. The summed E-state index contributed by atoms with van der Waals surface area (Å²) in [4.78, 5) is 0. The van der Waals surface area contributed by atoms with Gasteiger partial charge in [0.25, 0.3) is 0 Å². The number of nitrogens with zero attached hydrogens (tertiary/aromatic N) is 2. The summed E-state index contributed by atoms with van der Waals surface area (Å²) in [5.41, 5.74) is 1.48. The van der Waals surface area contributed by atoms with Gasteiger partial charge < -0.3 is 4.18 Å². The van der Waals surface area contributed by atoms with E-state index in [2.05, 4.69) is 10.5 Å². The molecule has 0 atom stereocenters. The lowest BCUT2D eigenvalue weighted by Crippen LogP contribution is -1.93. The molecule has 0 radical (unpaired) electrons. The van der Waals surface area contributed by atoms with Gasteiger partial charge >= 0.3 is 0 Å². The fourth-order valence-corrected chi connectivity index (χ4v) is 1.37. The van der Waals surface area contributed by atoms with Crippen LogP contribution < -0.4 is 4.18 Å². The lowest BCUT2D eigenvalue weighted by Gasteiger charge is -2.07. The highest BCUT2D eigenvalue weighted by Crippen LogP contribution is 2.26. The first kappa shape index (κ1) is 7.19. The van der Waals surface area contributed by atoms with Crippen molar-refractivity contribution in [1.82, 2.24) is 0 Å². The molecule has 0 fully saturated rings. The van der Waals surface area contributed by atoms with Crippen LogP contribution in [-0.4, -0.2) is 6.21 Å². The zero-order valence-electron chi connectivity index (χ0n) is 6.02. The summed E-state index contributed by atoms with van der Waals surface area (Å²) in [6.45, 7) is 0. The summed E-state index contributed by atoms with van der Waals surface area (Å²) >= 11 is 1.04. The van der Waals surface area contributed by atoms with Crippen molar-refractivity contribution in [2.45, 2.75) is 0 Å². The first-order valence-corrected chi connectivity index (χ1v) is 4.01. The minimum Gasteiger partial charge on any atom is -0.403 e. The SMILES string of the molecule is N#Cc1ccc2c(c1)C=NSO2. The van der Waals surface area contributed by atoms with E-state index in [4.69, 9.17) is 9.44 Å². The van der Waals surface area contributed by atoms with Gasteiger partial charge in [0.05, 0.1) is 11.6 Å². The summed E-state index contributed by atoms with van der Waals surface area (Å²) in [6.07, 6.45) is 1.68. The Bertz CT molecular complexity index is 381. The summed E-state index contributed by atoms with van der Waals surface area (Å²) in [6, 6.07) is 7.29. The van der Waals surface area contributed by atoms with Gasteiger partial charge in [0.2, 0.25) is 12.2 Å². The predicted molar refractivity (Wildman–Crippen MR) is 47.0 cm³/mol. The predicted octanol–water partition coefficient (Wildman–Crippen LogP) is 1.93. The van der Waals surface area contributed by atoms with Crippen molar-refractivity contribution in [1.29, 1.82) is 5.26 Å². The number of rotatable bonds is 0. The molecule has 0 amide bonds. The Hall–Kier alpha value is -1.47. The Morgan fingerprint density at radius 2 is 2.42 bits per heavy atom. The normalized spacial score (nSPS) is 12.9. The third kappa shape index (κ3) is 1.15. The third-order valence-electron chi connectivity index (χ3n) is 1.50. The van der Waals surface area contributed by atoms with Gasteiger partial charge in [-0.25, -0.2) is 0 Å². The van der Waals surface area contributed by atoms with Crippen LogP contribution in [0.1, 0.15) is 11.1 Å². The first-order chi connectivity index (χ1) is 5.90. The molecule has 0 saturated carbocycles. The van der Waals surface area contributed by atoms with Crippen LogP contribution in [0.2, 0.25) is 0 Å². The minimum absolute atomic E-state index is 0.621. The van der Waals surface area contributed by atoms with Crippen molar-refractivity contribution in [2.75, 3.05) is 0 Å². The van der Waals surface area contributed by atoms with Crippen LogP contribution in [0.4, 0.5) is 0 Å². The summed E-state index contributed by atoms with van der Waals surface area (Å²) in [5, 5.41) is 8.60. The molecule has 0 saturated heterocycles. The monoisotopic (exact) mass is 176 g/mol. The largest absolute Gasteiger partial charge is 0.403 e. The molecule has 3 nitrogen and oxygen atoms in total. The fraction of sp³-hybridized carbons (Fsp3) is 0. The smallest absolute Gasteiger partial charge is 0.201 e. The molecule has 0 spiro atoms. The minimum atomic E-state index is 0.621. The molecule has 0 aliphatic carbocycles. The second kappa shape index (κ2) is 2.88. The van der Waals surface area contributed by atoms with Crippen molar-refractivity contribution in [2.24, 2.45) is 4.40 Å². The molecule has 4 heteroatoms. The zero-order valence-corrected chi connectivity index (χ0v) is 6.84. The zero-order chi connectivity index (χ0) is 8.39. The third-order valence-corrected chi connectivity index (χ3v) is 1.95. The van der Waals surface area contributed by atoms with Gasteiger partial charge in [-0.2, -0.15) is 9.66 Å². The molecule has 1 aromatic rings. The van der Waals surface area contributed by atoms with Gasteiger partial charge in [-0.15, -0.1) is 0 Å². The van der Waals surface area contributed by atoms with Crippen molar-refractivity contribution in [3.63, 3.8) is 0 Å². The molecule has 1 aliphatic heterocycles. The molecule has 1 aliphatic rings. The number of benzene rings is 1. The van der Waals surface area contributed by atoms with Crippen LogP contribution in [0.3, 0.4) is 0 Å². The molecule has 12 heavy (non-hydrogen) atoms. The molecule has 0 unspecified atom stereocenters. The highest BCUT2D eigenvalue weighted by Gasteiger charge is 2.07. The molecule has 58 valence electrons. The number of nitriles is 1. The Kier molecular flexibility index (Phi) is 1.72. The molecule has 1 aromatic carbocycles. The number of hydrogen-bond donors (Lipinski definition) is 0. The van der Waals surface area contributed by atoms with E-state index in [1.54, 1.807) is 24.4 Å². The standard InChI is InChI=1S/C8H4N2OS/c9-4-6-1-2-8-7(3-6)5-10-12-11-8/h1-3,5H. The molecule has 0 aromatic heterocycles. The number of fused-ring (bicyclic) bond motifs is 1. The molecule has 1 heterocycles. The van der Waals surface area contributed by atoms with E-state index < -0.39 is 0 Å². The maximum Gasteiger partial charge on any atom is 0.201 e. The van der Waals surface area contributed by atoms with E-state index in [9.17, 15) is 0 Å². The van der Waals surface area contributed by atoms with Crippen molar-refractivity contribution >= 4 is 18.4 Å². The van der Waals surface area contributed by atoms with E-state index in [0.29, 0.717) is 5.56 Å². The average Bonchev–Trinajstić information content (AvgIpc) is 2.17. The topological polar surface area (TPSA) is 45.4 Å². The Morgan fingerprint density at radius 3 is 3.25 bits per heavy atom. The van der Waals surface area contributed by atoms with Gasteiger partial charge in [0, 0.05) is 11.8 Å². The summed E-state index contributed by atoms with van der Waals surface area (Å²) in [5.74, 6) is 0.758. The van der Waals surface area contributed by atoms with Gasteiger partial charge in [0.1, 0.15) is 5.75 Å². The fourth-order valence-electron chi connectivity index (χ4n) is 0.935. The molecule has 0 N–H and O–H groups in total. The highest BCUT2D eigenvalue weighted by atomic mass is 32.2. The Morgan fingerprint density at radius 1 is 1.50 bits per heavy atom. The van der Waals surface area contributed by atoms with Crippen LogP contribution in [-0.2, 0) is 0 Å². The average molecular weight is 176 g/mol. The molecule has 2 rings (SSSR count). The van der Waals surface area contributed by atoms with Gasteiger partial charge in [-0.1, -0.05) is 0 Å². The second-order valence-corrected chi connectivity index (χ2v) is 2.78. The van der Waals surface area contributed by atoms with E-state index >= 15 is 0 Å². The van der Waals surface area contributed by atoms with Gasteiger partial charge in [-0.3, -0.25) is 0 Å². The summed E-state index contributed by atoms with van der Waals surface area (Å²) < 4.78 is 8.99. The van der Waals surface area contributed by atoms with E-state index in [-0.39, 0.29) is 0 Å². The van der Waals surface area contributed by atoms with Crippen molar-refractivity contribution in [3.05, 3.63) is 29.3 Å². The van der Waals surface area contributed by atoms with E-state index in [1.165, 1.54) is 0 Å². The van der Waals surface area contributed by atoms with Crippen LogP contribution >= 0.6 is 12.2 Å². The number of hydrogen-bond acceptors (Lipinski definition) is 4. The van der Waals surface area contributed by atoms with E-state index in [1.807, 2.05) is 0 Å². The van der Waals surface area contributed by atoms with Crippen LogP contribution in [0.25, 0.3) is 0 Å². The van der Waals surface area contributed by atoms with Crippen LogP contribution in [0.5, 0.6) is 5.75 Å². The lowest BCUT2D eigenvalue weighted by molar-refractivity contribution is 0.643. The Labute approximate surface area is 74.0 Å². The quantitative estimate of drug-likeness (QED) is 0.448. The highest BCUT2D eigenvalue weighted by molar-refractivity contribution is 7.93. The van der Waals surface area contributed by atoms with Gasteiger partial charge in [-0.05, 0) is 18.2 Å². The molecule has 0 bridgehead atoms. The second-order valence-electron chi connectivity index (χ2n) is 2.26. The van der Waals surface area contributed by atoms with Gasteiger partial charge in [0.15, 0.2) is 0 Å². The molecular weight excluding hydrogens is 172 g/mol. The maximum atomic E-state index is 8.60. The molecular formula is C8H4N2OS. The van der Waals surface area contributed by atoms with Crippen molar-refractivity contribution in [3.8, 4) is 11.8 Å². The van der Waals surface area contributed by atoms with Crippen LogP contribution in [0.15, 0.2) is 22.6 Å². The van der Waals surface area contributed by atoms with E-state index in [0.717, 1.165) is 23.5 Å². The van der Waals surface area contributed by atoms with Crippen LogP contribution in [0, 0.1) is 11.3 Å². The van der Waals surface area contributed by atoms with Crippen molar-refractivity contribution < 1.29 is 4.18 Å². The lowest BCUT2D eigenvalue weighted by atomic mass is 10.1. The Balaban J connectivity index is 2.53.